The molecule has 0 aliphatic rings. The third-order valence-electron chi connectivity index (χ3n) is 2.92. The minimum Gasteiger partial charge on any atom is -0.325 e. The van der Waals surface area contributed by atoms with Gasteiger partial charge >= 0.3 is 7.82 Å². The lowest BCUT2D eigenvalue weighted by atomic mass is 9.88. The molecule has 0 aliphatic carbocycles. The van der Waals surface area contributed by atoms with E-state index < -0.39 is 7.82 Å². The van der Waals surface area contributed by atoms with Gasteiger partial charge in [0.1, 0.15) is 0 Å². The van der Waals surface area contributed by atoms with Crippen LogP contribution in [0.2, 0.25) is 0 Å². The smallest absolute Gasteiger partial charge is 0.325 e. The summed E-state index contributed by atoms with van der Waals surface area (Å²) in [5, 5.41) is 0. The van der Waals surface area contributed by atoms with Gasteiger partial charge in [-0.05, 0) is 19.3 Å². The van der Waals surface area contributed by atoms with E-state index in [0.29, 0.717) is 0 Å². The molecule has 4 N–H and O–H groups in total. The summed E-state index contributed by atoms with van der Waals surface area (Å²) in [6.07, 6.45) is 7.37. The van der Waals surface area contributed by atoms with Crippen LogP contribution in [0.1, 0.15) is 59.3 Å². The van der Waals surface area contributed by atoms with E-state index in [2.05, 4.69) is 25.3 Å². The summed E-state index contributed by atoms with van der Waals surface area (Å²) < 4.78 is 13.1. The Morgan fingerprint density at radius 2 is 1.59 bits per heavy atom. The maximum atomic E-state index is 9.47. The minimum absolute atomic E-state index is 0.134. The van der Waals surface area contributed by atoms with Crippen LogP contribution in [0.5, 0.6) is 0 Å². The van der Waals surface area contributed by atoms with Crippen molar-refractivity contribution in [3.8, 4) is 0 Å². The van der Waals surface area contributed by atoms with Gasteiger partial charge in [-0.25, -0.2) is 4.57 Å². The quantitative estimate of drug-likeness (QED) is 0.488. The highest BCUT2D eigenvalue weighted by atomic mass is 31.2. The van der Waals surface area contributed by atoms with Crippen molar-refractivity contribution in [3.05, 3.63) is 0 Å². The average molecular weight is 269 g/mol. The maximum Gasteiger partial charge on any atom is 0.469 e. The van der Waals surface area contributed by atoms with Gasteiger partial charge in [0, 0.05) is 12.6 Å². The molecule has 5 nitrogen and oxygen atoms in total. The number of phosphoric ester groups is 1. The first-order chi connectivity index (χ1) is 7.74. The highest BCUT2D eigenvalue weighted by molar-refractivity contribution is 7.46. The lowest BCUT2D eigenvalue weighted by Crippen LogP contribution is -2.38. The van der Waals surface area contributed by atoms with E-state index in [9.17, 15) is 4.57 Å². The van der Waals surface area contributed by atoms with Gasteiger partial charge in [-0.3, -0.25) is 4.52 Å². The summed E-state index contributed by atoms with van der Waals surface area (Å²) in [5.41, 5.74) is 6.27. The first kappa shape index (κ1) is 19.4. The molecule has 0 unspecified atom stereocenters. The van der Waals surface area contributed by atoms with E-state index in [1.54, 1.807) is 0 Å². The van der Waals surface area contributed by atoms with Crippen molar-refractivity contribution in [1.82, 2.24) is 0 Å². The largest absolute Gasteiger partial charge is 0.469 e. The second-order valence-corrected chi connectivity index (χ2v) is 5.55. The van der Waals surface area contributed by atoms with Crippen LogP contribution in [-0.2, 0) is 9.09 Å². The zero-order valence-electron chi connectivity index (χ0n) is 11.5. The third-order valence-corrected chi connectivity index (χ3v) is 3.40. The van der Waals surface area contributed by atoms with Crippen LogP contribution in [-0.4, -0.2) is 22.4 Å². The lowest BCUT2D eigenvalue weighted by Gasteiger charge is -2.26. The van der Waals surface area contributed by atoms with Gasteiger partial charge in [0.15, 0.2) is 0 Å². The van der Waals surface area contributed by atoms with E-state index >= 15 is 0 Å². The molecule has 6 heteroatoms. The normalized spacial score (nSPS) is 11.9. The average Bonchev–Trinajstić information content (AvgIpc) is 2.29. The van der Waals surface area contributed by atoms with Crippen molar-refractivity contribution in [2.24, 2.45) is 5.73 Å². The Hall–Kier alpha value is 0.0700. The van der Waals surface area contributed by atoms with E-state index in [4.69, 9.17) is 15.5 Å². The summed E-state index contributed by atoms with van der Waals surface area (Å²) >= 11 is 0. The molecule has 0 saturated heterocycles. The number of phosphoric acid groups is 1. The molecule has 0 rings (SSSR count). The maximum absolute atomic E-state index is 9.47. The van der Waals surface area contributed by atoms with E-state index in [1.165, 1.54) is 25.7 Å². The molecule has 0 saturated carbocycles. The van der Waals surface area contributed by atoms with Gasteiger partial charge in [0.2, 0.25) is 0 Å². The molecule has 0 spiro atoms. The topological polar surface area (TPSA) is 92.8 Å². The molecule has 17 heavy (non-hydrogen) atoms. The fourth-order valence-corrected chi connectivity index (χ4v) is 1.33. The Balaban J connectivity index is 0. The molecular formula is C11H28NO4P. The molecule has 0 bridgehead atoms. The number of nitrogens with two attached hydrogens (primary N) is 1. The van der Waals surface area contributed by atoms with Crippen molar-refractivity contribution in [1.29, 1.82) is 0 Å². The predicted molar refractivity (Wildman–Crippen MR) is 70.7 cm³/mol. The molecule has 0 heterocycles. The standard InChI is InChI=1S/C10H23N.CH5O4P/c1-4-7-8-9-10(11,5-2)6-3;1-5-6(2,3)4/h4-9,11H2,1-3H3;1H3,(H2,2,3,4). The molecule has 106 valence electrons. The zero-order valence-corrected chi connectivity index (χ0v) is 12.4. The van der Waals surface area contributed by atoms with Gasteiger partial charge < -0.3 is 15.5 Å². The fraction of sp³-hybridized carbons (Fsp3) is 1.00. The van der Waals surface area contributed by atoms with Gasteiger partial charge in [0.25, 0.3) is 0 Å². The lowest BCUT2D eigenvalue weighted by molar-refractivity contribution is 0.235. The SMILES string of the molecule is CCCCCC(N)(CC)CC.COP(=O)(O)O. The van der Waals surface area contributed by atoms with E-state index in [-0.39, 0.29) is 5.54 Å². The Kier molecular flexibility index (Phi) is 11.5. The van der Waals surface area contributed by atoms with Crippen LogP contribution in [0.4, 0.5) is 0 Å². The van der Waals surface area contributed by atoms with Gasteiger partial charge in [0.05, 0.1) is 0 Å². The Morgan fingerprint density at radius 1 is 1.18 bits per heavy atom. The Morgan fingerprint density at radius 3 is 1.82 bits per heavy atom. The van der Waals surface area contributed by atoms with Crippen molar-refractivity contribution in [2.75, 3.05) is 7.11 Å². The van der Waals surface area contributed by atoms with Crippen LogP contribution < -0.4 is 5.73 Å². The Bertz CT molecular complexity index is 214. The highest BCUT2D eigenvalue weighted by Gasteiger charge is 2.18. The van der Waals surface area contributed by atoms with Crippen LogP contribution in [0.15, 0.2) is 0 Å². The predicted octanol–water partition coefficient (Wildman–Crippen LogP) is 2.81. The van der Waals surface area contributed by atoms with Crippen LogP contribution in [0.3, 0.4) is 0 Å². The number of rotatable bonds is 7. The van der Waals surface area contributed by atoms with Crippen molar-refractivity contribution in [2.45, 2.75) is 64.8 Å². The minimum atomic E-state index is -4.15. The van der Waals surface area contributed by atoms with Crippen molar-refractivity contribution < 1.29 is 18.9 Å². The fourth-order valence-electron chi connectivity index (χ4n) is 1.33. The third kappa shape index (κ3) is 14.0. The molecular weight excluding hydrogens is 241 g/mol. The van der Waals surface area contributed by atoms with Crippen molar-refractivity contribution in [3.63, 3.8) is 0 Å². The first-order valence-electron chi connectivity index (χ1n) is 6.14. The summed E-state index contributed by atoms with van der Waals surface area (Å²) in [4.78, 5) is 15.4. The molecule has 0 atom stereocenters. The monoisotopic (exact) mass is 269 g/mol. The first-order valence-corrected chi connectivity index (χ1v) is 7.67. The van der Waals surface area contributed by atoms with Crippen molar-refractivity contribution >= 4 is 7.82 Å². The molecule has 0 aromatic heterocycles. The molecule has 0 fully saturated rings. The van der Waals surface area contributed by atoms with Gasteiger partial charge in [-0.2, -0.15) is 0 Å². The molecule has 0 radical (unpaired) electrons. The summed E-state index contributed by atoms with van der Waals surface area (Å²) in [6, 6.07) is 0. The second kappa shape index (κ2) is 10.0. The highest BCUT2D eigenvalue weighted by Crippen LogP contribution is 2.33. The number of hydrogen-bond donors (Lipinski definition) is 3. The molecule has 0 aromatic rings. The molecule has 0 aromatic carbocycles. The zero-order chi connectivity index (χ0) is 13.9. The van der Waals surface area contributed by atoms with Crippen LogP contribution in [0, 0.1) is 0 Å². The van der Waals surface area contributed by atoms with Gasteiger partial charge in [-0.1, -0.05) is 40.0 Å². The second-order valence-electron chi connectivity index (χ2n) is 4.20. The number of unbranched alkanes of at least 4 members (excludes halogenated alkanes) is 2. The Labute approximate surface area is 105 Å². The molecule has 0 aliphatic heterocycles. The van der Waals surface area contributed by atoms with Crippen LogP contribution in [0.25, 0.3) is 0 Å². The van der Waals surface area contributed by atoms with E-state index in [0.717, 1.165) is 20.0 Å². The summed E-state index contributed by atoms with van der Waals surface area (Å²) in [6.45, 7) is 6.61. The van der Waals surface area contributed by atoms with Gasteiger partial charge in [-0.15, -0.1) is 0 Å². The summed E-state index contributed by atoms with van der Waals surface area (Å²) in [5.74, 6) is 0. The van der Waals surface area contributed by atoms with E-state index in [1.807, 2.05) is 0 Å². The molecule has 0 amide bonds. The van der Waals surface area contributed by atoms with Crippen LogP contribution >= 0.6 is 7.82 Å². The number of hydrogen-bond acceptors (Lipinski definition) is 3. The summed E-state index contributed by atoms with van der Waals surface area (Å²) in [7, 11) is -3.20.